The molecule has 1 fully saturated rings. The van der Waals surface area contributed by atoms with Crippen LogP contribution in [0.5, 0.6) is 0 Å². The molecule has 0 saturated carbocycles. The monoisotopic (exact) mass is 314 g/mol. The Hall–Kier alpha value is -1.08. The lowest BCUT2D eigenvalue weighted by Gasteiger charge is -2.33. The Kier molecular flexibility index (Phi) is 4.70. The van der Waals surface area contributed by atoms with Crippen LogP contribution in [0.1, 0.15) is 40.1 Å². The van der Waals surface area contributed by atoms with Crippen molar-refractivity contribution in [3.05, 3.63) is 15.6 Å². The number of aromatic nitrogens is 1. The van der Waals surface area contributed by atoms with Gasteiger partial charge in [0.1, 0.15) is 10.4 Å². The van der Waals surface area contributed by atoms with Crippen LogP contribution in [0.15, 0.2) is 0 Å². The smallest absolute Gasteiger partial charge is 0.329 e. The number of carboxylic acids is 1. The number of hydrogen-bond donors (Lipinski definition) is 2. The van der Waals surface area contributed by atoms with Crippen LogP contribution in [0.4, 0.5) is 0 Å². The number of nitrogens with zero attached hydrogens (tertiary/aromatic N) is 1. The molecule has 1 amide bonds. The average molecular weight is 314 g/mol. The van der Waals surface area contributed by atoms with E-state index in [2.05, 4.69) is 10.3 Å². The van der Waals surface area contributed by atoms with Gasteiger partial charge in [-0.1, -0.05) is 6.92 Å². The summed E-state index contributed by atoms with van der Waals surface area (Å²) in [6, 6.07) is 0. The Morgan fingerprint density at radius 1 is 1.40 bits per heavy atom. The fourth-order valence-corrected chi connectivity index (χ4v) is 4.29. The summed E-state index contributed by atoms with van der Waals surface area (Å²) in [5, 5.41) is 13.1. The van der Waals surface area contributed by atoms with Crippen LogP contribution < -0.4 is 5.32 Å². The summed E-state index contributed by atoms with van der Waals surface area (Å²) in [7, 11) is 0. The van der Waals surface area contributed by atoms with E-state index in [1.807, 2.05) is 6.92 Å². The molecule has 0 spiro atoms. The zero-order chi connectivity index (χ0) is 14.8. The summed E-state index contributed by atoms with van der Waals surface area (Å²) in [6.45, 7) is 3.77. The second kappa shape index (κ2) is 6.13. The van der Waals surface area contributed by atoms with Crippen LogP contribution in [0.2, 0.25) is 0 Å². The van der Waals surface area contributed by atoms with Gasteiger partial charge in [0.25, 0.3) is 5.91 Å². The van der Waals surface area contributed by atoms with E-state index < -0.39 is 11.5 Å². The van der Waals surface area contributed by atoms with Crippen LogP contribution in [0.25, 0.3) is 0 Å². The van der Waals surface area contributed by atoms with Gasteiger partial charge in [-0.05, 0) is 37.7 Å². The fourth-order valence-electron chi connectivity index (χ4n) is 2.20. The minimum atomic E-state index is -1.12. The molecule has 110 valence electrons. The molecule has 1 aromatic rings. The van der Waals surface area contributed by atoms with Gasteiger partial charge in [0.05, 0.1) is 10.7 Å². The lowest BCUT2D eigenvalue weighted by Crippen LogP contribution is -2.56. The van der Waals surface area contributed by atoms with Crippen molar-refractivity contribution in [1.82, 2.24) is 10.3 Å². The van der Waals surface area contributed by atoms with Crippen molar-refractivity contribution >= 4 is 35.0 Å². The van der Waals surface area contributed by atoms with Crippen molar-refractivity contribution in [1.29, 1.82) is 0 Å². The van der Waals surface area contributed by atoms with Crippen molar-refractivity contribution in [2.24, 2.45) is 0 Å². The quantitative estimate of drug-likeness (QED) is 0.889. The first-order valence-electron chi connectivity index (χ1n) is 6.58. The van der Waals surface area contributed by atoms with Crippen LogP contribution >= 0.6 is 23.1 Å². The number of nitrogens with one attached hydrogen (secondary N) is 1. The second-order valence-electron chi connectivity index (χ2n) is 4.83. The number of carboxylic acid groups (broad SMARTS) is 1. The molecule has 2 rings (SSSR count). The molecule has 0 radical (unpaired) electrons. The van der Waals surface area contributed by atoms with Gasteiger partial charge >= 0.3 is 5.97 Å². The number of amides is 1. The van der Waals surface area contributed by atoms with Gasteiger partial charge < -0.3 is 10.4 Å². The maximum atomic E-state index is 12.4. The Bertz CT molecular complexity index is 522. The number of carbonyl (C=O) groups excluding carboxylic acids is 1. The van der Waals surface area contributed by atoms with Crippen LogP contribution in [0.3, 0.4) is 0 Å². The summed E-state index contributed by atoms with van der Waals surface area (Å²) in [5.74, 6) is 0.265. The molecule has 20 heavy (non-hydrogen) atoms. The number of aliphatic carboxylic acids is 1. The molecule has 0 atom stereocenters. The highest BCUT2D eigenvalue weighted by atomic mass is 32.2. The summed E-state index contributed by atoms with van der Waals surface area (Å²) < 4.78 is 0. The third kappa shape index (κ3) is 2.98. The van der Waals surface area contributed by atoms with Gasteiger partial charge in [-0.25, -0.2) is 9.78 Å². The molecular formula is C13H18N2O3S2. The molecule has 2 heterocycles. The number of thioether (sulfide) groups is 1. The highest BCUT2D eigenvalue weighted by Gasteiger charge is 2.41. The van der Waals surface area contributed by atoms with Crippen molar-refractivity contribution < 1.29 is 14.7 Å². The SMILES string of the molecule is CCc1nc(C)c(C(=O)NC2(C(=O)O)CCSCC2)s1. The van der Waals surface area contributed by atoms with E-state index in [1.54, 1.807) is 18.7 Å². The molecule has 7 heteroatoms. The second-order valence-corrected chi connectivity index (χ2v) is 7.14. The van der Waals surface area contributed by atoms with Gasteiger partial charge in [0.2, 0.25) is 0 Å². The van der Waals surface area contributed by atoms with Gasteiger partial charge in [0, 0.05) is 0 Å². The van der Waals surface area contributed by atoms with Crippen molar-refractivity contribution in [2.75, 3.05) is 11.5 Å². The largest absolute Gasteiger partial charge is 0.480 e. The Morgan fingerprint density at radius 2 is 2.05 bits per heavy atom. The number of rotatable bonds is 4. The standard InChI is InChI=1S/C13H18N2O3S2/c1-3-9-14-8(2)10(20-9)11(16)15-13(12(17)18)4-6-19-7-5-13/h3-7H2,1-2H3,(H,15,16)(H,17,18). The first-order valence-corrected chi connectivity index (χ1v) is 8.55. The third-order valence-electron chi connectivity index (χ3n) is 3.46. The first kappa shape index (κ1) is 15.3. The van der Waals surface area contributed by atoms with Crippen LogP contribution in [-0.2, 0) is 11.2 Å². The minimum Gasteiger partial charge on any atom is -0.480 e. The molecule has 0 aromatic carbocycles. The molecule has 0 bridgehead atoms. The highest BCUT2D eigenvalue weighted by Crippen LogP contribution is 2.28. The molecule has 2 N–H and O–H groups in total. The summed E-state index contributed by atoms with van der Waals surface area (Å²) in [4.78, 5) is 28.8. The zero-order valence-electron chi connectivity index (χ0n) is 11.6. The molecule has 1 aliphatic heterocycles. The number of carbonyl (C=O) groups is 2. The van der Waals surface area contributed by atoms with Gasteiger partial charge in [0.15, 0.2) is 0 Å². The Balaban J connectivity index is 2.20. The third-order valence-corrected chi connectivity index (χ3v) is 5.74. The Morgan fingerprint density at radius 3 is 2.55 bits per heavy atom. The van der Waals surface area contributed by atoms with E-state index in [4.69, 9.17) is 0 Å². The molecule has 0 aliphatic carbocycles. The van der Waals surface area contributed by atoms with E-state index in [1.165, 1.54) is 11.3 Å². The van der Waals surface area contributed by atoms with E-state index in [0.717, 1.165) is 22.9 Å². The van der Waals surface area contributed by atoms with E-state index in [9.17, 15) is 14.7 Å². The van der Waals surface area contributed by atoms with Crippen LogP contribution in [-0.4, -0.2) is 39.0 Å². The minimum absolute atomic E-state index is 0.311. The number of aryl methyl sites for hydroxylation is 2. The van der Waals surface area contributed by atoms with Crippen molar-refractivity contribution in [3.63, 3.8) is 0 Å². The Labute approximate surface area is 126 Å². The molecular weight excluding hydrogens is 296 g/mol. The van der Waals surface area contributed by atoms with Crippen LogP contribution in [0, 0.1) is 6.92 Å². The molecule has 0 unspecified atom stereocenters. The van der Waals surface area contributed by atoms with Crippen molar-refractivity contribution in [3.8, 4) is 0 Å². The van der Waals surface area contributed by atoms with Gasteiger partial charge in [-0.3, -0.25) is 4.79 Å². The fraction of sp³-hybridized carbons (Fsp3) is 0.615. The predicted molar refractivity (Wildman–Crippen MR) is 80.6 cm³/mol. The summed E-state index contributed by atoms with van der Waals surface area (Å²) >= 11 is 3.07. The van der Waals surface area contributed by atoms with E-state index in [-0.39, 0.29) is 5.91 Å². The maximum Gasteiger partial charge on any atom is 0.329 e. The normalized spacial score (nSPS) is 17.7. The first-order chi connectivity index (χ1) is 9.48. The van der Waals surface area contributed by atoms with Gasteiger partial charge in [-0.2, -0.15) is 11.8 Å². The number of thiazole rings is 1. The predicted octanol–water partition coefficient (Wildman–Crippen LogP) is 2.09. The zero-order valence-corrected chi connectivity index (χ0v) is 13.2. The number of hydrogen-bond acceptors (Lipinski definition) is 5. The summed E-state index contributed by atoms with van der Waals surface area (Å²) in [6.07, 6.45) is 1.72. The maximum absolute atomic E-state index is 12.4. The molecule has 5 nitrogen and oxygen atoms in total. The lowest BCUT2D eigenvalue weighted by atomic mass is 9.92. The van der Waals surface area contributed by atoms with Gasteiger partial charge in [-0.15, -0.1) is 11.3 Å². The molecule has 1 aromatic heterocycles. The van der Waals surface area contributed by atoms with E-state index >= 15 is 0 Å². The molecule has 1 saturated heterocycles. The molecule has 1 aliphatic rings. The van der Waals surface area contributed by atoms with Crippen molar-refractivity contribution in [2.45, 2.75) is 38.6 Å². The average Bonchev–Trinajstić information content (AvgIpc) is 2.81. The lowest BCUT2D eigenvalue weighted by molar-refractivity contribution is -0.144. The summed E-state index contributed by atoms with van der Waals surface area (Å²) in [5.41, 5.74) is -0.444. The topological polar surface area (TPSA) is 79.3 Å². The highest BCUT2D eigenvalue weighted by molar-refractivity contribution is 7.99. The van der Waals surface area contributed by atoms with E-state index in [0.29, 0.717) is 23.4 Å².